The standard InChI is InChI=1S/C20H28N2O3S/c1-4-22(26(24,25)20-12-10-16(2)11-13-20)15-19(23)14-21-17(3)18-8-6-5-7-9-18/h5-13,17,19,21,23H,4,14-15H2,1-3H3/t17-,19+/m1/s1. The molecule has 2 rings (SSSR count). The maximum Gasteiger partial charge on any atom is 0.243 e. The van der Waals surface area contributed by atoms with Crippen LogP contribution in [0.5, 0.6) is 0 Å². The molecule has 0 bridgehead atoms. The predicted octanol–water partition coefficient (Wildman–Crippen LogP) is 2.72. The van der Waals surface area contributed by atoms with Crippen molar-refractivity contribution >= 4 is 10.0 Å². The summed E-state index contributed by atoms with van der Waals surface area (Å²) in [6.07, 6.45) is -0.790. The second kappa shape index (κ2) is 9.28. The van der Waals surface area contributed by atoms with Gasteiger partial charge in [0.15, 0.2) is 0 Å². The van der Waals surface area contributed by atoms with E-state index in [1.165, 1.54) is 4.31 Å². The van der Waals surface area contributed by atoms with Gasteiger partial charge in [0.05, 0.1) is 11.0 Å². The second-order valence-corrected chi connectivity index (χ2v) is 8.40. The summed E-state index contributed by atoms with van der Waals surface area (Å²) in [6, 6.07) is 16.8. The van der Waals surface area contributed by atoms with E-state index in [1.807, 2.05) is 44.2 Å². The number of likely N-dealkylation sites (N-methyl/N-ethyl adjacent to an activating group) is 1. The molecule has 0 amide bonds. The Labute approximate surface area is 156 Å². The average Bonchev–Trinajstić information content (AvgIpc) is 2.65. The molecule has 2 aromatic carbocycles. The van der Waals surface area contributed by atoms with Crippen LogP contribution in [-0.4, -0.2) is 43.6 Å². The topological polar surface area (TPSA) is 69.6 Å². The quantitative estimate of drug-likeness (QED) is 0.706. The molecule has 0 heterocycles. The van der Waals surface area contributed by atoms with Crippen LogP contribution in [0.1, 0.15) is 31.0 Å². The van der Waals surface area contributed by atoms with Crippen molar-refractivity contribution in [2.45, 2.75) is 37.8 Å². The fourth-order valence-electron chi connectivity index (χ4n) is 2.73. The van der Waals surface area contributed by atoms with E-state index in [0.29, 0.717) is 13.1 Å². The fraction of sp³-hybridized carbons (Fsp3) is 0.400. The predicted molar refractivity (Wildman–Crippen MR) is 104 cm³/mol. The number of hydrogen-bond acceptors (Lipinski definition) is 4. The van der Waals surface area contributed by atoms with Crippen LogP contribution >= 0.6 is 0 Å². The lowest BCUT2D eigenvalue weighted by Crippen LogP contribution is -2.41. The number of hydrogen-bond donors (Lipinski definition) is 2. The van der Waals surface area contributed by atoms with Gasteiger partial charge in [0.25, 0.3) is 0 Å². The van der Waals surface area contributed by atoms with Gasteiger partial charge in [0, 0.05) is 25.7 Å². The van der Waals surface area contributed by atoms with Gasteiger partial charge < -0.3 is 10.4 Å². The van der Waals surface area contributed by atoms with Crippen molar-refractivity contribution in [3.63, 3.8) is 0 Å². The number of aliphatic hydroxyl groups is 1. The maximum atomic E-state index is 12.8. The van der Waals surface area contributed by atoms with Crippen LogP contribution in [-0.2, 0) is 10.0 Å². The van der Waals surface area contributed by atoms with Gasteiger partial charge in [0.2, 0.25) is 10.0 Å². The first-order valence-electron chi connectivity index (χ1n) is 8.87. The van der Waals surface area contributed by atoms with E-state index in [-0.39, 0.29) is 17.5 Å². The number of aliphatic hydroxyl groups excluding tert-OH is 1. The largest absolute Gasteiger partial charge is 0.390 e. The van der Waals surface area contributed by atoms with Crippen LogP contribution in [0.4, 0.5) is 0 Å². The molecule has 2 N–H and O–H groups in total. The molecule has 2 aromatic rings. The number of aryl methyl sites for hydroxylation is 1. The van der Waals surface area contributed by atoms with E-state index in [1.54, 1.807) is 31.2 Å². The zero-order chi connectivity index (χ0) is 19.2. The molecule has 6 heteroatoms. The summed E-state index contributed by atoms with van der Waals surface area (Å²) in [5.41, 5.74) is 2.13. The fourth-order valence-corrected chi connectivity index (χ4v) is 4.21. The van der Waals surface area contributed by atoms with E-state index in [4.69, 9.17) is 0 Å². The van der Waals surface area contributed by atoms with Crippen LogP contribution in [0.25, 0.3) is 0 Å². The molecule has 0 aromatic heterocycles. The number of sulfonamides is 1. The molecule has 0 radical (unpaired) electrons. The van der Waals surface area contributed by atoms with Crippen LogP contribution in [0.2, 0.25) is 0 Å². The van der Waals surface area contributed by atoms with Crippen molar-refractivity contribution in [1.82, 2.24) is 9.62 Å². The Morgan fingerprint density at radius 3 is 2.27 bits per heavy atom. The molecule has 0 spiro atoms. The normalized spacial score (nSPS) is 14.3. The van der Waals surface area contributed by atoms with Crippen LogP contribution in [0.15, 0.2) is 59.5 Å². The number of rotatable bonds is 9. The molecule has 0 aliphatic carbocycles. The van der Waals surface area contributed by atoms with Gasteiger partial charge in [-0.15, -0.1) is 0 Å². The molecule has 0 aliphatic heterocycles. The van der Waals surface area contributed by atoms with Gasteiger partial charge in [-0.25, -0.2) is 8.42 Å². The van der Waals surface area contributed by atoms with E-state index in [2.05, 4.69) is 5.32 Å². The Bertz CT molecular complexity index is 776. The van der Waals surface area contributed by atoms with E-state index < -0.39 is 16.1 Å². The summed E-state index contributed by atoms with van der Waals surface area (Å²) in [5.74, 6) is 0. The Balaban J connectivity index is 1.97. The van der Waals surface area contributed by atoms with Gasteiger partial charge in [-0.1, -0.05) is 55.0 Å². The molecule has 0 unspecified atom stereocenters. The first kappa shape index (κ1) is 20.6. The Kier molecular flexibility index (Phi) is 7.34. The number of benzene rings is 2. The molecule has 0 aliphatic rings. The van der Waals surface area contributed by atoms with Gasteiger partial charge in [-0.3, -0.25) is 0 Å². The summed E-state index contributed by atoms with van der Waals surface area (Å²) < 4.78 is 26.8. The van der Waals surface area contributed by atoms with Crippen LogP contribution < -0.4 is 5.32 Å². The summed E-state index contributed by atoms with van der Waals surface area (Å²) >= 11 is 0. The lowest BCUT2D eigenvalue weighted by atomic mass is 10.1. The molecule has 0 fully saturated rings. The summed E-state index contributed by atoms with van der Waals surface area (Å²) in [5, 5.41) is 13.6. The highest BCUT2D eigenvalue weighted by atomic mass is 32.2. The highest BCUT2D eigenvalue weighted by Gasteiger charge is 2.25. The van der Waals surface area contributed by atoms with Crippen LogP contribution in [0.3, 0.4) is 0 Å². The summed E-state index contributed by atoms with van der Waals surface area (Å²) in [7, 11) is -3.61. The molecule has 2 atom stereocenters. The Morgan fingerprint density at radius 1 is 1.08 bits per heavy atom. The van der Waals surface area contributed by atoms with Crippen molar-refractivity contribution in [3.05, 3.63) is 65.7 Å². The van der Waals surface area contributed by atoms with Gasteiger partial charge in [-0.2, -0.15) is 4.31 Å². The van der Waals surface area contributed by atoms with Gasteiger partial charge in [-0.05, 0) is 31.5 Å². The zero-order valence-electron chi connectivity index (χ0n) is 15.6. The molecular weight excluding hydrogens is 348 g/mol. The van der Waals surface area contributed by atoms with Crippen molar-refractivity contribution in [2.75, 3.05) is 19.6 Å². The van der Waals surface area contributed by atoms with Gasteiger partial charge >= 0.3 is 0 Å². The maximum absolute atomic E-state index is 12.8. The molecule has 0 saturated carbocycles. The monoisotopic (exact) mass is 376 g/mol. The first-order chi connectivity index (χ1) is 12.3. The minimum absolute atomic E-state index is 0.0568. The van der Waals surface area contributed by atoms with E-state index in [9.17, 15) is 13.5 Å². The van der Waals surface area contributed by atoms with Gasteiger partial charge in [0.1, 0.15) is 0 Å². The lowest BCUT2D eigenvalue weighted by molar-refractivity contribution is 0.142. The molecule has 142 valence electrons. The average molecular weight is 377 g/mol. The molecule has 26 heavy (non-hydrogen) atoms. The highest BCUT2D eigenvalue weighted by molar-refractivity contribution is 7.89. The number of nitrogens with zero attached hydrogens (tertiary/aromatic N) is 1. The highest BCUT2D eigenvalue weighted by Crippen LogP contribution is 2.17. The second-order valence-electron chi connectivity index (χ2n) is 6.46. The van der Waals surface area contributed by atoms with Crippen LogP contribution in [0, 0.1) is 6.92 Å². The number of nitrogens with one attached hydrogen (secondary N) is 1. The molecule has 0 saturated heterocycles. The Hall–Kier alpha value is -1.73. The molecule has 5 nitrogen and oxygen atoms in total. The third-order valence-electron chi connectivity index (χ3n) is 4.39. The van der Waals surface area contributed by atoms with E-state index >= 15 is 0 Å². The summed E-state index contributed by atoms with van der Waals surface area (Å²) in [6.45, 7) is 6.39. The Morgan fingerprint density at radius 2 is 1.69 bits per heavy atom. The minimum atomic E-state index is -3.61. The van der Waals surface area contributed by atoms with Crippen molar-refractivity contribution in [1.29, 1.82) is 0 Å². The minimum Gasteiger partial charge on any atom is -0.390 e. The lowest BCUT2D eigenvalue weighted by Gasteiger charge is -2.24. The van der Waals surface area contributed by atoms with Crippen molar-refractivity contribution in [3.8, 4) is 0 Å². The van der Waals surface area contributed by atoms with Crippen molar-refractivity contribution < 1.29 is 13.5 Å². The smallest absolute Gasteiger partial charge is 0.243 e. The third kappa shape index (κ3) is 5.38. The SMILES string of the molecule is CCN(C[C@@H](O)CN[C@H](C)c1ccccc1)S(=O)(=O)c1ccc(C)cc1. The first-order valence-corrected chi connectivity index (χ1v) is 10.3. The zero-order valence-corrected chi connectivity index (χ0v) is 16.4. The third-order valence-corrected chi connectivity index (χ3v) is 6.34. The van der Waals surface area contributed by atoms with Crippen molar-refractivity contribution in [2.24, 2.45) is 0 Å². The molecular formula is C20H28N2O3S. The van der Waals surface area contributed by atoms with E-state index in [0.717, 1.165) is 11.1 Å². The summed E-state index contributed by atoms with van der Waals surface area (Å²) in [4.78, 5) is 0.253.